The fourth-order valence-corrected chi connectivity index (χ4v) is 1.63. The SMILES string of the molecule is COCCCC(NC(=O)c1c(F)cccc1F)C(=O)O. The molecule has 0 radical (unpaired) electrons. The third-order valence-corrected chi connectivity index (χ3v) is 2.63. The van der Waals surface area contributed by atoms with Gasteiger partial charge < -0.3 is 15.2 Å². The number of benzene rings is 1. The Hall–Kier alpha value is -2.02. The molecule has 0 bridgehead atoms. The highest BCUT2D eigenvalue weighted by molar-refractivity contribution is 5.97. The minimum atomic E-state index is -1.27. The van der Waals surface area contributed by atoms with Crippen molar-refractivity contribution in [1.82, 2.24) is 5.32 Å². The zero-order valence-electron chi connectivity index (χ0n) is 10.9. The number of carboxylic acids is 1. The molecule has 0 aliphatic carbocycles. The zero-order chi connectivity index (χ0) is 15.1. The maximum atomic E-state index is 13.4. The molecule has 5 nitrogen and oxygen atoms in total. The van der Waals surface area contributed by atoms with Crippen molar-refractivity contribution in [2.24, 2.45) is 0 Å². The number of rotatable bonds is 7. The van der Waals surface area contributed by atoms with Gasteiger partial charge in [-0.3, -0.25) is 4.79 Å². The number of carbonyl (C=O) groups is 2. The Labute approximate surface area is 114 Å². The number of nitrogens with one attached hydrogen (secondary N) is 1. The lowest BCUT2D eigenvalue weighted by molar-refractivity contribution is -0.139. The molecule has 0 saturated heterocycles. The van der Waals surface area contributed by atoms with Gasteiger partial charge in [0.25, 0.3) is 5.91 Å². The number of aliphatic carboxylic acids is 1. The fraction of sp³-hybridized carbons (Fsp3) is 0.385. The van der Waals surface area contributed by atoms with E-state index in [4.69, 9.17) is 9.84 Å². The number of carbonyl (C=O) groups excluding carboxylic acids is 1. The van der Waals surface area contributed by atoms with Crippen molar-refractivity contribution in [2.45, 2.75) is 18.9 Å². The molecule has 1 amide bonds. The summed E-state index contributed by atoms with van der Waals surface area (Å²) in [5, 5.41) is 11.1. The van der Waals surface area contributed by atoms with Crippen LogP contribution in [-0.4, -0.2) is 36.7 Å². The van der Waals surface area contributed by atoms with Crippen LogP contribution in [0.1, 0.15) is 23.2 Å². The Balaban J connectivity index is 2.78. The second-order valence-electron chi connectivity index (χ2n) is 4.10. The molecule has 20 heavy (non-hydrogen) atoms. The molecular weight excluding hydrogens is 272 g/mol. The topological polar surface area (TPSA) is 75.6 Å². The maximum Gasteiger partial charge on any atom is 0.326 e. The summed E-state index contributed by atoms with van der Waals surface area (Å²) in [6.45, 7) is 0.327. The molecule has 2 N–H and O–H groups in total. The van der Waals surface area contributed by atoms with Crippen LogP contribution in [0, 0.1) is 11.6 Å². The minimum Gasteiger partial charge on any atom is -0.480 e. The fourth-order valence-electron chi connectivity index (χ4n) is 1.63. The zero-order valence-corrected chi connectivity index (χ0v) is 10.9. The summed E-state index contributed by atoms with van der Waals surface area (Å²) in [7, 11) is 1.46. The van der Waals surface area contributed by atoms with E-state index in [0.29, 0.717) is 13.0 Å². The van der Waals surface area contributed by atoms with Gasteiger partial charge >= 0.3 is 5.97 Å². The lowest BCUT2D eigenvalue weighted by atomic mass is 10.1. The van der Waals surface area contributed by atoms with Crippen LogP contribution in [0.4, 0.5) is 8.78 Å². The van der Waals surface area contributed by atoms with Gasteiger partial charge in [0.15, 0.2) is 0 Å². The van der Waals surface area contributed by atoms with Crippen molar-refractivity contribution in [1.29, 1.82) is 0 Å². The summed E-state index contributed by atoms with van der Waals surface area (Å²) in [6.07, 6.45) is 0.498. The predicted molar refractivity (Wildman–Crippen MR) is 66.4 cm³/mol. The monoisotopic (exact) mass is 287 g/mol. The molecule has 110 valence electrons. The smallest absolute Gasteiger partial charge is 0.326 e. The molecule has 0 heterocycles. The van der Waals surface area contributed by atoms with Crippen LogP contribution >= 0.6 is 0 Å². The van der Waals surface area contributed by atoms with E-state index in [9.17, 15) is 18.4 Å². The van der Waals surface area contributed by atoms with Crippen LogP contribution in [0.25, 0.3) is 0 Å². The van der Waals surface area contributed by atoms with Crippen molar-refractivity contribution in [3.63, 3.8) is 0 Å². The van der Waals surface area contributed by atoms with E-state index in [0.717, 1.165) is 18.2 Å². The highest BCUT2D eigenvalue weighted by Gasteiger charge is 2.24. The van der Waals surface area contributed by atoms with Gasteiger partial charge in [-0.15, -0.1) is 0 Å². The first kappa shape index (κ1) is 16.0. The van der Waals surface area contributed by atoms with Crippen LogP contribution in [0.15, 0.2) is 18.2 Å². The van der Waals surface area contributed by atoms with E-state index >= 15 is 0 Å². The third-order valence-electron chi connectivity index (χ3n) is 2.63. The molecule has 0 aromatic heterocycles. The van der Waals surface area contributed by atoms with Crippen LogP contribution in [0.5, 0.6) is 0 Å². The summed E-state index contributed by atoms with van der Waals surface area (Å²) >= 11 is 0. The van der Waals surface area contributed by atoms with Gasteiger partial charge in [-0.2, -0.15) is 0 Å². The van der Waals surface area contributed by atoms with E-state index in [1.165, 1.54) is 7.11 Å². The second kappa shape index (κ2) is 7.54. The van der Waals surface area contributed by atoms with Crippen LogP contribution in [0.2, 0.25) is 0 Å². The minimum absolute atomic E-state index is 0.102. The largest absolute Gasteiger partial charge is 0.480 e. The normalized spacial score (nSPS) is 11.9. The molecule has 0 fully saturated rings. The van der Waals surface area contributed by atoms with Gasteiger partial charge in [-0.1, -0.05) is 6.07 Å². The summed E-state index contributed by atoms with van der Waals surface area (Å²) in [5.74, 6) is -4.44. The maximum absolute atomic E-state index is 13.4. The van der Waals surface area contributed by atoms with Crippen LogP contribution in [-0.2, 0) is 9.53 Å². The highest BCUT2D eigenvalue weighted by atomic mass is 19.1. The molecule has 1 atom stereocenters. The first-order chi connectivity index (χ1) is 9.47. The van der Waals surface area contributed by atoms with Crippen molar-refractivity contribution >= 4 is 11.9 Å². The quantitative estimate of drug-likeness (QED) is 0.746. The standard InChI is InChI=1S/C13H15F2NO4/c1-20-7-3-6-10(13(18)19)16-12(17)11-8(14)4-2-5-9(11)15/h2,4-5,10H,3,6-7H2,1H3,(H,16,17)(H,18,19). The van der Waals surface area contributed by atoms with Gasteiger partial charge in [0, 0.05) is 13.7 Å². The van der Waals surface area contributed by atoms with Crippen LogP contribution in [0.3, 0.4) is 0 Å². The van der Waals surface area contributed by atoms with E-state index in [2.05, 4.69) is 5.32 Å². The number of hydrogen-bond donors (Lipinski definition) is 2. The molecule has 0 saturated carbocycles. The average Bonchev–Trinajstić information content (AvgIpc) is 2.37. The summed E-state index contributed by atoms with van der Waals surface area (Å²) < 4.78 is 31.6. The number of ether oxygens (including phenoxy) is 1. The molecule has 1 aromatic rings. The number of halogens is 2. The van der Waals surface area contributed by atoms with Crippen molar-refractivity contribution in [2.75, 3.05) is 13.7 Å². The van der Waals surface area contributed by atoms with Gasteiger partial charge in [0.1, 0.15) is 23.2 Å². The predicted octanol–water partition coefficient (Wildman–Crippen LogP) is 1.57. The summed E-state index contributed by atoms with van der Waals surface area (Å²) in [5.41, 5.74) is -0.787. The second-order valence-corrected chi connectivity index (χ2v) is 4.10. The van der Waals surface area contributed by atoms with E-state index in [1.54, 1.807) is 0 Å². The molecular formula is C13H15F2NO4. The highest BCUT2D eigenvalue weighted by Crippen LogP contribution is 2.12. The molecule has 1 aromatic carbocycles. The first-order valence-corrected chi connectivity index (χ1v) is 5.94. The van der Waals surface area contributed by atoms with Gasteiger partial charge in [0.05, 0.1) is 0 Å². The molecule has 7 heteroatoms. The number of amides is 1. The molecule has 0 aliphatic rings. The van der Waals surface area contributed by atoms with E-state index < -0.39 is 35.1 Å². The van der Waals surface area contributed by atoms with Crippen LogP contribution < -0.4 is 5.32 Å². The number of methoxy groups -OCH3 is 1. The average molecular weight is 287 g/mol. The Morgan fingerprint density at radius 3 is 2.45 bits per heavy atom. The van der Waals surface area contributed by atoms with Crippen molar-refractivity contribution < 1.29 is 28.2 Å². The Bertz CT molecular complexity index is 473. The molecule has 1 unspecified atom stereocenters. The number of hydrogen-bond acceptors (Lipinski definition) is 3. The van der Waals surface area contributed by atoms with Crippen molar-refractivity contribution in [3.05, 3.63) is 35.4 Å². The first-order valence-electron chi connectivity index (χ1n) is 5.94. The molecule has 0 spiro atoms. The Kier molecular flexibility index (Phi) is 6.05. The van der Waals surface area contributed by atoms with E-state index in [-0.39, 0.29) is 6.42 Å². The summed E-state index contributed by atoms with van der Waals surface area (Å²) in [4.78, 5) is 22.7. The lowest BCUT2D eigenvalue weighted by Gasteiger charge is -2.14. The molecule has 1 rings (SSSR count). The van der Waals surface area contributed by atoms with E-state index in [1.807, 2.05) is 0 Å². The van der Waals surface area contributed by atoms with Gasteiger partial charge in [0.2, 0.25) is 0 Å². The third kappa shape index (κ3) is 4.27. The molecule has 0 aliphatic heterocycles. The lowest BCUT2D eigenvalue weighted by Crippen LogP contribution is -2.41. The van der Waals surface area contributed by atoms with Gasteiger partial charge in [-0.05, 0) is 25.0 Å². The van der Waals surface area contributed by atoms with Gasteiger partial charge in [-0.25, -0.2) is 13.6 Å². The Morgan fingerprint density at radius 1 is 1.35 bits per heavy atom. The van der Waals surface area contributed by atoms with Crippen molar-refractivity contribution in [3.8, 4) is 0 Å². The Morgan fingerprint density at radius 2 is 1.95 bits per heavy atom. The summed E-state index contributed by atoms with van der Waals surface area (Å²) in [6, 6.07) is 1.75. The number of carboxylic acid groups (broad SMARTS) is 1.